The van der Waals surface area contributed by atoms with E-state index in [1.54, 1.807) is 0 Å². The van der Waals surface area contributed by atoms with Gasteiger partial charge in [-0.3, -0.25) is 4.68 Å². The van der Waals surface area contributed by atoms with Gasteiger partial charge in [0.05, 0.1) is 11.8 Å². The lowest BCUT2D eigenvalue weighted by molar-refractivity contribution is -0.0875. The van der Waals surface area contributed by atoms with E-state index in [9.17, 15) is 5.11 Å². The van der Waals surface area contributed by atoms with E-state index in [0.717, 1.165) is 31.4 Å². The van der Waals surface area contributed by atoms with Crippen molar-refractivity contribution in [1.29, 1.82) is 0 Å². The van der Waals surface area contributed by atoms with Gasteiger partial charge in [-0.2, -0.15) is 5.10 Å². The Kier molecular flexibility index (Phi) is 3.39. The van der Waals surface area contributed by atoms with Gasteiger partial charge in [-0.05, 0) is 39.2 Å². The number of nitrogens with zero attached hydrogens (tertiary/aromatic N) is 3. The molecular weight excluding hydrogens is 238 g/mol. The van der Waals surface area contributed by atoms with Crippen molar-refractivity contribution in [1.82, 2.24) is 14.7 Å². The third kappa shape index (κ3) is 2.32. The fraction of sp³-hybridized carbons (Fsp3) is 0.800. The van der Waals surface area contributed by atoms with Crippen LogP contribution in [0.15, 0.2) is 12.4 Å². The zero-order chi connectivity index (χ0) is 13.5. The van der Waals surface area contributed by atoms with Crippen LogP contribution in [0.4, 0.5) is 0 Å². The SMILES string of the molecule is CCCn1cc(C2(O)CC3CCCC(C2)N3C)cn1. The molecule has 3 rings (SSSR count). The van der Waals surface area contributed by atoms with E-state index in [1.165, 1.54) is 19.3 Å². The molecule has 2 aliphatic rings. The summed E-state index contributed by atoms with van der Waals surface area (Å²) in [6, 6.07) is 1.07. The van der Waals surface area contributed by atoms with Crippen LogP contribution in [0, 0.1) is 0 Å². The third-order valence-corrected chi connectivity index (χ3v) is 5.00. The Balaban J connectivity index is 1.82. The van der Waals surface area contributed by atoms with Crippen molar-refractivity contribution in [2.45, 2.75) is 69.7 Å². The standard InChI is InChI=1S/C15H25N3O/c1-3-7-18-11-12(10-16-18)15(19)8-13-5-4-6-14(9-15)17(13)2/h10-11,13-14,19H,3-9H2,1-2H3. The average molecular weight is 263 g/mol. The first-order valence-corrected chi connectivity index (χ1v) is 7.59. The van der Waals surface area contributed by atoms with Gasteiger partial charge in [0, 0.05) is 30.4 Å². The van der Waals surface area contributed by atoms with Gasteiger partial charge in [-0.1, -0.05) is 13.3 Å². The molecule has 0 spiro atoms. The van der Waals surface area contributed by atoms with Crippen LogP contribution in [0.1, 0.15) is 51.0 Å². The van der Waals surface area contributed by atoms with Gasteiger partial charge in [0.25, 0.3) is 0 Å². The van der Waals surface area contributed by atoms with Crippen LogP contribution in [0.25, 0.3) is 0 Å². The second-order valence-electron chi connectivity index (χ2n) is 6.34. The first kappa shape index (κ1) is 13.1. The molecule has 2 atom stereocenters. The maximum atomic E-state index is 11.1. The van der Waals surface area contributed by atoms with Crippen molar-refractivity contribution in [2.24, 2.45) is 0 Å². The van der Waals surface area contributed by atoms with Crippen LogP contribution in [0.5, 0.6) is 0 Å². The molecule has 0 amide bonds. The quantitative estimate of drug-likeness (QED) is 0.908. The molecule has 106 valence electrons. The van der Waals surface area contributed by atoms with E-state index in [-0.39, 0.29) is 0 Å². The monoisotopic (exact) mass is 263 g/mol. The average Bonchev–Trinajstić information content (AvgIpc) is 2.81. The maximum absolute atomic E-state index is 11.1. The van der Waals surface area contributed by atoms with E-state index >= 15 is 0 Å². The molecule has 2 saturated heterocycles. The van der Waals surface area contributed by atoms with Crippen LogP contribution in [0.3, 0.4) is 0 Å². The highest BCUT2D eigenvalue weighted by Crippen LogP contribution is 2.43. The number of aryl methyl sites for hydroxylation is 1. The Hall–Kier alpha value is -0.870. The number of aromatic nitrogens is 2. The minimum atomic E-state index is -0.658. The molecule has 0 aromatic carbocycles. The lowest BCUT2D eigenvalue weighted by atomic mass is 9.73. The zero-order valence-electron chi connectivity index (χ0n) is 12.0. The van der Waals surface area contributed by atoms with E-state index in [4.69, 9.17) is 0 Å². The minimum absolute atomic E-state index is 0.534. The summed E-state index contributed by atoms with van der Waals surface area (Å²) in [5.41, 5.74) is 0.361. The molecule has 2 aliphatic heterocycles. The molecule has 2 bridgehead atoms. The Morgan fingerprint density at radius 1 is 1.37 bits per heavy atom. The molecule has 1 N–H and O–H groups in total. The molecule has 0 saturated carbocycles. The van der Waals surface area contributed by atoms with Crippen LogP contribution < -0.4 is 0 Å². The van der Waals surface area contributed by atoms with Gasteiger partial charge in [-0.15, -0.1) is 0 Å². The summed E-state index contributed by atoms with van der Waals surface area (Å²) < 4.78 is 1.96. The van der Waals surface area contributed by atoms with Crippen LogP contribution in [-0.4, -0.2) is 38.9 Å². The lowest BCUT2D eigenvalue weighted by Crippen LogP contribution is -2.55. The zero-order valence-corrected chi connectivity index (χ0v) is 12.0. The summed E-state index contributed by atoms with van der Waals surface area (Å²) in [4.78, 5) is 2.48. The molecule has 3 heterocycles. The number of fused-ring (bicyclic) bond motifs is 2. The highest BCUT2D eigenvalue weighted by atomic mass is 16.3. The highest BCUT2D eigenvalue weighted by molar-refractivity contribution is 5.19. The Morgan fingerprint density at radius 2 is 2.05 bits per heavy atom. The Bertz CT molecular complexity index is 428. The maximum Gasteiger partial charge on any atom is 0.0956 e. The topological polar surface area (TPSA) is 41.3 Å². The Labute approximate surface area is 115 Å². The molecule has 4 nitrogen and oxygen atoms in total. The number of hydrogen-bond donors (Lipinski definition) is 1. The molecule has 4 heteroatoms. The van der Waals surface area contributed by atoms with Crippen molar-refractivity contribution in [3.63, 3.8) is 0 Å². The highest BCUT2D eigenvalue weighted by Gasteiger charge is 2.45. The van der Waals surface area contributed by atoms with Gasteiger partial charge < -0.3 is 10.0 Å². The number of piperidine rings is 2. The first-order valence-electron chi connectivity index (χ1n) is 7.59. The molecule has 0 radical (unpaired) electrons. The Morgan fingerprint density at radius 3 is 2.68 bits per heavy atom. The fourth-order valence-electron chi connectivity index (χ4n) is 3.84. The van der Waals surface area contributed by atoms with Crippen molar-refractivity contribution in [3.05, 3.63) is 18.0 Å². The lowest BCUT2D eigenvalue weighted by Gasteiger charge is -2.50. The predicted molar refractivity (Wildman–Crippen MR) is 74.8 cm³/mol. The summed E-state index contributed by atoms with van der Waals surface area (Å²) >= 11 is 0. The molecular formula is C15H25N3O. The normalized spacial score (nSPS) is 35.5. The van der Waals surface area contributed by atoms with Gasteiger partial charge >= 0.3 is 0 Å². The summed E-state index contributed by atoms with van der Waals surface area (Å²) in [5.74, 6) is 0. The smallest absolute Gasteiger partial charge is 0.0956 e. The number of rotatable bonds is 3. The van der Waals surface area contributed by atoms with E-state index < -0.39 is 5.60 Å². The number of aliphatic hydroxyl groups is 1. The van der Waals surface area contributed by atoms with Crippen molar-refractivity contribution < 1.29 is 5.11 Å². The summed E-state index contributed by atoms with van der Waals surface area (Å²) in [5, 5.41) is 15.5. The molecule has 2 unspecified atom stereocenters. The first-order chi connectivity index (χ1) is 9.12. The van der Waals surface area contributed by atoms with Crippen molar-refractivity contribution in [3.8, 4) is 0 Å². The summed E-state index contributed by atoms with van der Waals surface area (Å²) in [7, 11) is 2.22. The van der Waals surface area contributed by atoms with Gasteiger partial charge in [0.1, 0.15) is 0 Å². The van der Waals surface area contributed by atoms with Crippen molar-refractivity contribution in [2.75, 3.05) is 7.05 Å². The minimum Gasteiger partial charge on any atom is -0.385 e. The predicted octanol–water partition coefficient (Wildman–Crippen LogP) is 2.13. The molecule has 1 aromatic rings. The third-order valence-electron chi connectivity index (χ3n) is 5.00. The van der Waals surface area contributed by atoms with E-state index in [2.05, 4.69) is 24.0 Å². The fourth-order valence-corrected chi connectivity index (χ4v) is 3.84. The van der Waals surface area contributed by atoms with Crippen molar-refractivity contribution >= 4 is 0 Å². The second-order valence-corrected chi connectivity index (χ2v) is 6.34. The van der Waals surface area contributed by atoms with Crippen LogP contribution in [-0.2, 0) is 12.1 Å². The molecule has 2 fully saturated rings. The van der Waals surface area contributed by atoms with E-state index in [1.807, 2.05) is 17.1 Å². The molecule has 1 aromatic heterocycles. The summed E-state index contributed by atoms with van der Waals surface area (Å²) in [6.07, 6.45) is 10.5. The van der Waals surface area contributed by atoms with E-state index in [0.29, 0.717) is 12.1 Å². The van der Waals surface area contributed by atoms with Gasteiger partial charge in [0.15, 0.2) is 0 Å². The van der Waals surface area contributed by atoms with Crippen LogP contribution >= 0.6 is 0 Å². The molecule has 0 aliphatic carbocycles. The van der Waals surface area contributed by atoms with Gasteiger partial charge in [-0.25, -0.2) is 0 Å². The summed E-state index contributed by atoms with van der Waals surface area (Å²) in [6.45, 7) is 3.08. The number of hydrogen-bond acceptors (Lipinski definition) is 3. The largest absolute Gasteiger partial charge is 0.385 e. The second kappa shape index (κ2) is 4.91. The molecule has 19 heavy (non-hydrogen) atoms. The van der Waals surface area contributed by atoms with Crippen LogP contribution in [0.2, 0.25) is 0 Å². The van der Waals surface area contributed by atoms with Gasteiger partial charge in [0.2, 0.25) is 0 Å².